The number of fused-ring (bicyclic) bond motifs is 1. The molecule has 3 aromatic rings. The van der Waals surface area contributed by atoms with Crippen LogP contribution in [0.3, 0.4) is 0 Å². The molecule has 0 fully saturated rings. The van der Waals surface area contributed by atoms with E-state index in [0.717, 1.165) is 11.3 Å². The summed E-state index contributed by atoms with van der Waals surface area (Å²) in [6.45, 7) is 0. The largest absolute Gasteiger partial charge is 0.337 e. The van der Waals surface area contributed by atoms with Gasteiger partial charge in [-0.15, -0.1) is 11.8 Å². The maximum Gasteiger partial charge on any atom is 0.180 e. The number of nitrogen functional groups attached to an aromatic ring is 1. The third-order valence-electron chi connectivity index (χ3n) is 2.85. The highest BCUT2D eigenvalue weighted by molar-refractivity contribution is 7.98. The van der Waals surface area contributed by atoms with E-state index in [0.29, 0.717) is 11.6 Å². The monoisotopic (exact) mass is 286 g/mol. The maximum atomic E-state index is 5.44. The van der Waals surface area contributed by atoms with Crippen LogP contribution in [0.25, 0.3) is 5.65 Å². The number of imidazole rings is 1. The number of hydrogen-bond acceptors (Lipinski definition) is 6. The quantitative estimate of drug-likeness (QED) is 0.388. The lowest BCUT2D eigenvalue weighted by Crippen LogP contribution is -2.11. The van der Waals surface area contributed by atoms with Crippen molar-refractivity contribution in [1.29, 1.82) is 0 Å². The van der Waals surface area contributed by atoms with E-state index in [1.165, 1.54) is 4.90 Å². The van der Waals surface area contributed by atoms with Gasteiger partial charge in [-0.25, -0.2) is 15.8 Å². The number of nitrogens with one attached hydrogen (secondary N) is 2. The third kappa shape index (κ3) is 2.40. The number of benzene rings is 1. The van der Waals surface area contributed by atoms with Gasteiger partial charge in [-0.3, -0.25) is 0 Å². The molecule has 0 bridgehead atoms. The minimum absolute atomic E-state index is 0.569. The highest BCUT2D eigenvalue weighted by atomic mass is 32.2. The van der Waals surface area contributed by atoms with Crippen molar-refractivity contribution in [3.8, 4) is 0 Å². The molecule has 0 aliphatic rings. The molecule has 0 radical (unpaired) electrons. The summed E-state index contributed by atoms with van der Waals surface area (Å²) in [7, 11) is 0. The zero-order valence-corrected chi connectivity index (χ0v) is 11.7. The lowest BCUT2D eigenvalue weighted by Gasteiger charge is -2.10. The second-order valence-electron chi connectivity index (χ2n) is 4.13. The minimum Gasteiger partial charge on any atom is -0.337 e. The van der Waals surface area contributed by atoms with E-state index in [2.05, 4.69) is 32.8 Å². The highest BCUT2D eigenvalue weighted by Gasteiger charge is 2.07. The number of anilines is 3. The van der Waals surface area contributed by atoms with Crippen molar-refractivity contribution < 1.29 is 0 Å². The normalized spacial score (nSPS) is 10.7. The summed E-state index contributed by atoms with van der Waals surface area (Å²) >= 11 is 1.69. The molecule has 0 atom stereocenters. The van der Waals surface area contributed by atoms with Gasteiger partial charge in [0.05, 0.1) is 6.20 Å². The van der Waals surface area contributed by atoms with Crippen LogP contribution in [0.5, 0.6) is 0 Å². The van der Waals surface area contributed by atoms with Crippen molar-refractivity contribution in [2.24, 2.45) is 5.84 Å². The molecule has 102 valence electrons. The van der Waals surface area contributed by atoms with Crippen LogP contribution in [-0.2, 0) is 0 Å². The third-order valence-corrected chi connectivity index (χ3v) is 3.58. The van der Waals surface area contributed by atoms with Gasteiger partial charge in [0.2, 0.25) is 0 Å². The zero-order valence-electron chi connectivity index (χ0n) is 10.9. The second-order valence-corrected chi connectivity index (χ2v) is 5.01. The van der Waals surface area contributed by atoms with Crippen LogP contribution >= 0.6 is 11.8 Å². The van der Waals surface area contributed by atoms with Gasteiger partial charge < -0.3 is 15.1 Å². The van der Waals surface area contributed by atoms with E-state index in [-0.39, 0.29) is 0 Å². The van der Waals surface area contributed by atoms with E-state index >= 15 is 0 Å². The summed E-state index contributed by atoms with van der Waals surface area (Å²) in [5.74, 6) is 6.66. The molecule has 0 saturated carbocycles. The lowest BCUT2D eigenvalue weighted by molar-refractivity contribution is 1.11. The second kappa shape index (κ2) is 5.40. The molecule has 7 heteroatoms. The van der Waals surface area contributed by atoms with E-state index in [4.69, 9.17) is 5.84 Å². The first-order valence-corrected chi connectivity index (χ1v) is 7.24. The van der Waals surface area contributed by atoms with Crippen molar-refractivity contribution in [1.82, 2.24) is 14.4 Å². The van der Waals surface area contributed by atoms with E-state index in [1.54, 1.807) is 24.2 Å². The van der Waals surface area contributed by atoms with Crippen LogP contribution in [0, 0.1) is 0 Å². The first-order valence-electron chi connectivity index (χ1n) is 6.01. The predicted octanol–water partition coefficient (Wildman–Crippen LogP) is 2.48. The van der Waals surface area contributed by atoms with Crippen molar-refractivity contribution >= 4 is 34.7 Å². The fraction of sp³-hybridized carbons (Fsp3) is 0.0769. The van der Waals surface area contributed by atoms with Gasteiger partial charge in [0.15, 0.2) is 17.3 Å². The molecule has 4 N–H and O–H groups in total. The molecular weight excluding hydrogens is 272 g/mol. The molecule has 0 spiro atoms. The molecule has 20 heavy (non-hydrogen) atoms. The molecular formula is C13H14N6S. The predicted molar refractivity (Wildman–Crippen MR) is 82.3 cm³/mol. The Morgan fingerprint density at radius 2 is 2.25 bits per heavy atom. The summed E-state index contributed by atoms with van der Waals surface area (Å²) in [4.78, 5) is 9.88. The molecule has 0 amide bonds. The molecule has 2 heterocycles. The van der Waals surface area contributed by atoms with Gasteiger partial charge >= 0.3 is 0 Å². The molecule has 6 nitrogen and oxygen atoms in total. The van der Waals surface area contributed by atoms with Crippen molar-refractivity contribution in [3.05, 3.63) is 42.9 Å². The van der Waals surface area contributed by atoms with Crippen LogP contribution < -0.4 is 16.6 Å². The Morgan fingerprint density at radius 3 is 3.05 bits per heavy atom. The summed E-state index contributed by atoms with van der Waals surface area (Å²) in [6, 6.07) is 8.12. The summed E-state index contributed by atoms with van der Waals surface area (Å²) in [6.07, 6.45) is 7.40. The van der Waals surface area contributed by atoms with Crippen molar-refractivity contribution in [2.75, 3.05) is 17.0 Å². The Hall–Kier alpha value is -2.25. The van der Waals surface area contributed by atoms with Gasteiger partial charge in [-0.05, 0) is 24.5 Å². The lowest BCUT2D eigenvalue weighted by atomic mass is 10.3. The van der Waals surface area contributed by atoms with Gasteiger partial charge in [-0.2, -0.15) is 0 Å². The van der Waals surface area contributed by atoms with Crippen LogP contribution in [0.15, 0.2) is 47.8 Å². The van der Waals surface area contributed by atoms with E-state index < -0.39 is 0 Å². The van der Waals surface area contributed by atoms with Gasteiger partial charge in [0.25, 0.3) is 0 Å². The van der Waals surface area contributed by atoms with Crippen LogP contribution in [-0.4, -0.2) is 20.6 Å². The Kier molecular flexibility index (Phi) is 3.44. The minimum atomic E-state index is 0.569. The fourth-order valence-corrected chi connectivity index (χ4v) is 2.38. The zero-order chi connectivity index (χ0) is 13.9. The Labute approximate surface area is 120 Å². The maximum absolute atomic E-state index is 5.44. The van der Waals surface area contributed by atoms with Crippen LogP contribution in [0.4, 0.5) is 17.3 Å². The van der Waals surface area contributed by atoms with E-state index in [1.807, 2.05) is 29.0 Å². The first kappa shape index (κ1) is 12.8. The summed E-state index contributed by atoms with van der Waals surface area (Å²) in [5.41, 5.74) is 4.26. The molecule has 1 aromatic carbocycles. The first-order chi connectivity index (χ1) is 9.80. The standard InChI is InChI=1S/C13H14N6S/c1-20-10-4-2-3-9(7-10)16-12-13-15-5-6-19(13)8-11(17-12)18-14/h2-8,18H,14H2,1H3,(H,16,17). The fourth-order valence-electron chi connectivity index (χ4n) is 1.92. The van der Waals surface area contributed by atoms with Crippen molar-refractivity contribution in [2.45, 2.75) is 4.90 Å². The average molecular weight is 286 g/mol. The number of hydrazine groups is 1. The van der Waals surface area contributed by atoms with Crippen molar-refractivity contribution in [3.63, 3.8) is 0 Å². The Bertz CT molecular complexity index is 739. The Balaban J connectivity index is 2.02. The topological polar surface area (TPSA) is 80.3 Å². The molecule has 2 aromatic heterocycles. The molecule has 3 rings (SSSR count). The van der Waals surface area contributed by atoms with Gasteiger partial charge in [-0.1, -0.05) is 6.07 Å². The highest BCUT2D eigenvalue weighted by Crippen LogP contribution is 2.24. The number of nitrogens with two attached hydrogens (primary N) is 1. The smallest absolute Gasteiger partial charge is 0.180 e. The van der Waals surface area contributed by atoms with Gasteiger partial charge in [0.1, 0.15) is 0 Å². The number of rotatable bonds is 4. The SMILES string of the molecule is CSc1cccc(Nc2nc(NN)cn3ccnc23)c1. The summed E-state index contributed by atoms with van der Waals surface area (Å²) in [5, 5.41) is 3.28. The number of aromatic nitrogens is 3. The summed E-state index contributed by atoms with van der Waals surface area (Å²) < 4.78 is 1.86. The number of hydrogen-bond donors (Lipinski definition) is 3. The Morgan fingerprint density at radius 1 is 1.35 bits per heavy atom. The molecule has 0 aliphatic carbocycles. The number of thioether (sulfide) groups is 1. The molecule has 0 unspecified atom stereocenters. The van der Waals surface area contributed by atoms with Crippen LogP contribution in [0.1, 0.15) is 0 Å². The molecule has 0 aliphatic heterocycles. The van der Waals surface area contributed by atoms with Crippen LogP contribution in [0.2, 0.25) is 0 Å². The average Bonchev–Trinajstić information content (AvgIpc) is 2.96. The van der Waals surface area contributed by atoms with E-state index in [9.17, 15) is 0 Å². The molecule has 0 saturated heterocycles. The number of nitrogens with zero attached hydrogens (tertiary/aromatic N) is 3. The van der Waals surface area contributed by atoms with Gasteiger partial charge in [0, 0.05) is 23.0 Å².